The van der Waals surface area contributed by atoms with E-state index in [1.807, 2.05) is 30.9 Å². The van der Waals surface area contributed by atoms with E-state index in [2.05, 4.69) is 19.9 Å². The van der Waals surface area contributed by atoms with Gasteiger partial charge >= 0.3 is 0 Å². The first kappa shape index (κ1) is 25.0. The molecule has 7 nitrogen and oxygen atoms in total. The fraction of sp³-hybridized carbons (Fsp3) is 0.704. The maximum atomic E-state index is 14.0. The summed E-state index contributed by atoms with van der Waals surface area (Å²) in [5, 5.41) is 0. The van der Waals surface area contributed by atoms with Gasteiger partial charge in [0.15, 0.2) is 17.3 Å². The number of hydrogen-bond donors (Lipinski definition) is 1. The maximum Gasteiger partial charge on any atom is 0.193 e. The molecule has 2 unspecified atom stereocenters. The average Bonchev–Trinajstić information content (AvgIpc) is 3.08. The first-order valence-electron chi connectivity index (χ1n) is 12.8. The third-order valence-electron chi connectivity index (χ3n) is 8.24. The Bertz CT molecular complexity index is 922. The van der Waals surface area contributed by atoms with Gasteiger partial charge in [-0.2, -0.15) is 0 Å². The lowest BCUT2D eigenvalue weighted by Crippen LogP contribution is -2.60. The van der Waals surface area contributed by atoms with Gasteiger partial charge in [0.05, 0.1) is 25.4 Å². The standard InChI is InChI=1S/C27H41N3O4/c1-6-19(4)33-13-14-34-22-8-7-20-16-26(11-9-21(32-5)10-12-26)27(23(20)15-22)24(31)17-30(18(2)3)25(28)29-27/h7-8,15,18-19,21H,6,9-14,16-17H2,1-5H3,(H2,28,29). The van der Waals surface area contributed by atoms with Gasteiger partial charge in [-0.05, 0) is 82.6 Å². The van der Waals surface area contributed by atoms with Crippen LogP contribution in [0.15, 0.2) is 23.2 Å². The number of hydrogen-bond acceptors (Lipinski definition) is 7. The molecule has 0 amide bonds. The van der Waals surface area contributed by atoms with Gasteiger partial charge in [0.25, 0.3) is 0 Å². The Morgan fingerprint density at radius 3 is 2.59 bits per heavy atom. The number of nitrogens with zero attached hydrogens (tertiary/aromatic N) is 2. The quantitative estimate of drug-likeness (QED) is 0.580. The number of Topliss-reactive ketones (excluding diaryl/α,β-unsaturated/α-hetero) is 1. The Balaban J connectivity index is 1.69. The number of carbonyl (C=O) groups excluding carboxylic acids is 1. The summed E-state index contributed by atoms with van der Waals surface area (Å²) >= 11 is 0. The number of ketones is 1. The van der Waals surface area contributed by atoms with Gasteiger partial charge in [-0.15, -0.1) is 0 Å². The van der Waals surface area contributed by atoms with E-state index in [1.165, 1.54) is 5.56 Å². The zero-order chi connectivity index (χ0) is 24.5. The highest BCUT2D eigenvalue weighted by Crippen LogP contribution is 2.61. The summed E-state index contributed by atoms with van der Waals surface area (Å²) in [6.07, 6.45) is 5.91. The highest BCUT2D eigenvalue weighted by Gasteiger charge is 2.64. The van der Waals surface area contributed by atoms with E-state index in [4.69, 9.17) is 24.9 Å². The van der Waals surface area contributed by atoms with Gasteiger partial charge in [-0.3, -0.25) is 4.79 Å². The van der Waals surface area contributed by atoms with Crippen LogP contribution in [0.25, 0.3) is 0 Å². The van der Waals surface area contributed by atoms with E-state index in [9.17, 15) is 4.79 Å². The number of carbonyl (C=O) groups is 1. The molecule has 1 fully saturated rings. The molecule has 1 heterocycles. The topological polar surface area (TPSA) is 86.4 Å². The Morgan fingerprint density at radius 1 is 1.21 bits per heavy atom. The van der Waals surface area contributed by atoms with Crippen molar-refractivity contribution in [1.29, 1.82) is 0 Å². The molecule has 188 valence electrons. The molecule has 0 bridgehead atoms. The second-order valence-corrected chi connectivity index (χ2v) is 10.5. The first-order chi connectivity index (χ1) is 16.3. The number of rotatable bonds is 8. The van der Waals surface area contributed by atoms with Gasteiger partial charge in [-0.25, -0.2) is 4.99 Å². The van der Waals surface area contributed by atoms with Crippen molar-refractivity contribution in [3.63, 3.8) is 0 Å². The monoisotopic (exact) mass is 471 g/mol. The molecule has 2 aliphatic carbocycles. The molecule has 1 aliphatic heterocycles. The minimum absolute atomic E-state index is 0.117. The van der Waals surface area contributed by atoms with Crippen molar-refractivity contribution in [2.45, 2.75) is 90.0 Å². The van der Waals surface area contributed by atoms with Crippen LogP contribution in [0.5, 0.6) is 5.75 Å². The molecule has 0 radical (unpaired) electrons. The number of guanidine groups is 1. The fourth-order valence-corrected chi connectivity index (χ4v) is 6.08. The molecular formula is C27H41N3O4. The van der Waals surface area contributed by atoms with E-state index in [0.717, 1.165) is 49.8 Å². The third kappa shape index (κ3) is 4.22. The van der Waals surface area contributed by atoms with Gasteiger partial charge in [0.1, 0.15) is 12.4 Å². The molecule has 0 aromatic heterocycles. The van der Waals surface area contributed by atoms with Crippen molar-refractivity contribution in [1.82, 2.24) is 4.90 Å². The van der Waals surface area contributed by atoms with Crippen LogP contribution in [0.4, 0.5) is 0 Å². The molecule has 3 aliphatic rings. The normalized spacial score (nSPS) is 29.6. The Hall–Kier alpha value is -2.12. The van der Waals surface area contributed by atoms with Crippen molar-refractivity contribution < 1.29 is 19.0 Å². The van der Waals surface area contributed by atoms with Crippen LogP contribution < -0.4 is 10.5 Å². The SMILES string of the molecule is CCC(C)OCCOc1ccc2c(c1)C1(N=C(N)N(C(C)C)CC1=O)C1(CCC(OC)CC1)C2. The highest BCUT2D eigenvalue weighted by molar-refractivity contribution is 6.01. The lowest BCUT2D eigenvalue weighted by atomic mass is 9.59. The third-order valence-corrected chi connectivity index (χ3v) is 8.24. The number of nitrogens with two attached hydrogens (primary N) is 1. The molecule has 2 atom stereocenters. The first-order valence-corrected chi connectivity index (χ1v) is 12.8. The van der Waals surface area contributed by atoms with Crippen LogP contribution in [0, 0.1) is 5.41 Å². The van der Waals surface area contributed by atoms with Crippen LogP contribution in [-0.4, -0.2) is 61.8 Å². The zero-order valence-electron chi connectivity index (χ0n) is 21.4. The van der Waals surface area contributed by atoms with Crippen LogP contribution >= 0.6 is 0 Å². The average molecular weight is 472 g/mol. The Morgan fingerprint density at radius 2 is 1.94 bits per heavy atom. The Kier molecular flexibility index (Phi) is 7.25. The smallest absolute Gasteiger partial charge is 0.193 e. The number of benzene rings is 1. The molecule has 7 heteroatoms. The molecule has 1 saturated carbocycles. The van der Waals surface area contributed by atoms with Gasteiger partial charge in [0.2, 0.25) is 0 Å². The van der Waals surface area contributed by atoms with Crippen molar-refractivity contribution in [2.24, 2.45) is 16.1 Å². The van der Waals surface area contributed by atoms with Gasteiger partial charge in [0, 0.05) is 18.6 Å². The number of fused-ring (bicyclic) bond motifs is 3. The van der Waals surface area contributed by atoms with Crippen molar-refractivity contribution in [3.8, 4) is 5.75 Å². The van der Waals surface area contributed by atoms with Gasteiger partial charge in [-0.1, -0.05) is 13.0 Å². The fourth-order valence-electron chi connectivity index (χ4n) is 6.08. The largest absolute Gasteiger partial charge is 0.491 e. The summed E-state index contributed by atoms with van der Waals surface area (Å²) in [7, 11) is 1.78. The number of methoxy groups -OCH3 is 1. The summed E-state index contributed by atoms with van der Waals surface area (Å²) in [6.45, 7) is 9.55. The van der Waals surface area contributed by atoms with Crippen molar-refractivity contribution in [2.75, 3.05) is 26.9 Å². The highest BCUT2D eigenvalue weighted by atomic mass is 16.5. The Labute approximate surface area is 204 Å². The summed E-state index contributed by atoms with van der Waals surface area (Å²) in [4.78, 5) is 21.0. The van der Waals surface area contributed by atoms with E-state index in [1.54, 1.807) is 7.11 Å². The predicted molar refractivity (Wildman–Crippen MR) is 133 cm³/mol. The molecule has 4 rings (SSSR count). The zero-order valence-corrected chi connectivity index (χ0v) is 21.4. The second kappa shape index (κ2) is 9.86. The minimum atomic E-state index is -0.955. The molecule has 0 saturated heterocycles. The summed E-state index contributed by atoms with van der Waals surface area (Å²) in [5.74, 6) is 1.35. The molecule has 1 aromatic rings. The second-order valence-electron chi connectivity index (χ2n) is 10.5. The minimum Gasteiger partial charge on any atom is -0.491 e. The lowest BCUT2D eigenvalue weighted by Gasteiger charge is -2.50. The molecular weight excluding hydrogens is 430 g/mol. The van der Waals surface area contributed by atoms with Crippen LogP contribution in [0.1, 0.15) is 70.9 Å². The summed E-state index contributed by atoms with van der Waals surface area (Å²) < 4.78 is 17.5. The van der Waals surface area contributed by atoms with E-state index >= 15 is 0 Å². The molecule has 34 heavy (non-hydrogen) atoms. The van der Waals surface area contributed by atoms with E-state index < -0.39 is 5.54 Å². The molecule has 1 aromatic carbocycles. The van der Waals surface area contributed by atoms with E-state index in [0.29, 0.717) is 19.2 Å². The predicted octanol–water partition coefficient (Wildman–Crippen LogP) is 3.82. The summed E-state index contributed by atoms with van der Waals surface area (Å²) in [5.41, 5.74) is 7.46. The molecule has 2 spiro atoms. The van der Waals surface area contributed by atoms with Crippen LogP contribution in [0.2, 0.25) is 0 Å². The van der Waals surface area contributed by atoms with Crippen LogP contribution in [0.3, 0.4) is 0 Å². The molecule has 2 N–H and O–H groups in total. The van der Waals surface area contributed by atoms with Gasteiger partial charge < -0.3 is 24.8 Å². The lowest BCUT2D eigenvalue weighted by molar-refractivity contribution is -0.133. The van der Waals surface area contributed by atoms with Crippen molar-refractivity contribution >= 4 is 11.7 Å². The maximum absolute atomic E-state index is 14.0. The van der Waals surface area contributed by atoms with E-state index in [-0.39, 0.29) is 36.0 Å². The van der Waals surface area contributed by atoms with Crippen molar-refractivity contribution in [3.05, 3.63) is 29.3 Å². The summed E-state index contributed by atoms with van der Waals surface area (Å²) in [6, 6.07) is 6.28. The number of aliphatic imine (C=N–C) groups is 1. The number of ether oxygens (including phenoxy) is 3. The van der Waals surface area contributed by atoms with Crippen LogP contribution in [-0.2, 0) is 26.2 Å².